The third-order valence-corrected chi connectivity index (χ3v) is 3.24. The second-order valence-electron chi connectivity index (χ2n) is 6.38. The minimum atomic E-state index is 0.361. The molecule has 0 aliphatic carbocycles. The van der Waals surface area contributed by atoms with Gasteiger partial charge in [0.1, 0.15) is 0 Å². The van der Waals surface area contributed by atoms with Gasteiger partial charge in [0.2, 0.25) is 0 Å². The fraction of sp³-hybridized carbons (Fsp3) is 1.00. The van der Waals surface area contributed by atoms with Gasteiger partial charge >= 0.3 is 0 Å². The Morgan fingerprint density at radius 3 is 2.62 bits per heavy atom. The van der Waals surface area contributed by atoms with Crippen LogP contribution in [0.5, 0.6) is 0 Å². The smallest absolute Gasteiger partial charge is 0.0195 e. The summed E-state index contributed by atoms with van der Waals surface area (Å²) < 4.78 is 0. The normalized spacial score (nSPS) is 24.0. The van der Waals surface area contributed by atoms with Crippen LogP contribution in [0.1, 0.15) is 26.7 Å². The van der Waals surface area contributed by atoms with Crippen LogP contribution < -0.4 is 5.32 Å². The molecular formula is C13H29N3. The Labute approximate surface area is 101 Å². The lowest BCUT2D eigenvalue weighted by Gasteiger charge is -2.34. The summed E-state index contributed by atoms with van der Waals surface area (Å²) in [6.45, 7) is 9.41. The minimum absolute atomic E-state index is 0.361. The topological polar surface area (TPSA) is 18.5 Å². The summed E-state index contributed by atoms with van der Waals surface area (Å²) in [5, 5.41) is 3.73. The highest BCUT2D eigenvalue weighted by molar-refractivity contribution is 4.81. The van der Waals surface area contributed by atoms with Gasteiger partial charge in [-0.2, -0.15) is 0 Å². The Hall–Kier alpha value is -0.120. The summed E-state index contributed by atoms with van der Waals surface area (Å²) in [5.41, 5.74) is 0.361. The van der Waals surface area contributed by atoms with Crippen molar-refractivity contribution in [3.63, 3.8) is 0 Å². The molecule has 1 N–H and O–H groups in total. The second-order valence-corrected chi connectivity index (χ2v) is 6.38. The predicted molar refractivity (Wildman–Crippen MR) is 70.9 cm³/mol. The van der Waals surface area contributed by atoms with Crippen molar-refractivity contribution in [1.82, 2.24) is 15.1 Å². The SMILES string of the molecule is CN(C)CC(C)(C)CNC1CCCN(C)C1. The molecule has 1 unspecified atom stereocenters. The number of hydrogen-bond acceptors (Lipinski definition) is 3. The summed E-state index contributed by atoms with van der Waals surface area (Å²) in [4.78, 5) is 4.70. The Balaban J connectivity index is 2.27. The van der Waals surface area contributed by atoms with E-state index in [-0.39, 0.29) is 0 Å². The zero-order valence-corrected chi connectivity index (χ0v) is 11.7. The van der Waals surface area contributed by atoms with Crippen molar-refractivity contribution < 1.29 is 0 Å². The molecule has 96 valence electrons. The van der Waals surface area contributed by atoms with Crippen LogP contribution in [0.3, 0.4) is 0 Å². The van der Waals surface area contributed by atoms with Gasteiger partial charge in [0, 0.05) is 25.7 Å². The Morgan fingerprint density at radius 1 is 1.38 bits per heavy atom. The third-order valence-electron chi connectivity index (χ3n) is 3.24. The van der Waals surface area contributed by atoms with Crippen LogP contribution in [0, 0.1) is 5.41 Å². The predicted octanol–water partition coefficient (Wildman–Crippen LogP) is 1.26. The highest BCUT2D eigenvalue weighted by Gasteiger charge is 2.22. The largest absolute Gasteiger partial charge is 0.312 e. The zero-order valence-electron chi connectivity index (χ0n) is 11.7. The van der Waals surface area contributed by atoms with Gasteiger partial charge in [-0.15, -0.1) is 0 Å². The fourth-order valence-corrected chi connectivity index (χ4v) is 2.67. The van der Waals surface area contributed by atoms with E-state index >= 15 is 0 Å². The van der Waals surface area contributed by atoms with Crippen molar-refractivity contribution >= 4 is 0 Å². The van der Waals surface area contributed by atoms with E-state index in [1.165, 1.54) is 25.9 Å². The van der Waals surface area contributed by atoms with E-state index in [2.05, 4.69) is 50.1 Å². The van der Waals surface area contributed by atoms with Crippen molar-refractivity contribution in [1.29, 1.82) is 0 Å². The van der Waals surface area contributed by atoms with E-state index in [9.17, 15) is 0 Å². The Kier molecular flexibility index (Phi) is 5.22. The molecule has 3 heteroatoms. The number of likely N-dealkylation sites (tertiary alicyclic amines) is 1. The lowest BCUT2D eigenvalue weighted by atomic mass is 9.92. The summed E-state index contributed by atoms with van der Waals surface area (Å²) in [7, 11) is 6.52. The van der Waals surface area contributed by atoms with E-state index < -0.39 is 0 Å². The lowest BCUT2D eigenvalue weighted by Crippen LogP contribution is -2.48. The first kappa shape index (κ1) is 13.9. The maximum absolute atomic E-state index is 3.73. The monoisotopic (exact) mass is 227 g/mol. The molecule has 1 aliphatic rings. The van der Waals surface area contributed by atoms with Crippen LogP contribution in [-0.2, 0) is 0 Å². The van der Waals surface area contributed by atoms with Gasteiger partial charge in [0.15, 0.2) is 0 Å². The molecule has 1 fully saturated rings. The zero-order chi connectivity index (χ0) is 12.2. The number of hydrogen-bond donors (Lipinski definition) is 1. The molecule has 1 heterocycles. The van der Waals surface area contributed by atoms with Gasteiger partial charge in [-0.3, -0.25) is 0 Å². The van der Waals surface area contributed by atoms with E-state index in [0.717, 1.165) is 13.1 Å². The summed E-state index contributed by atoms with van der Waals surface area (Å²) >= 11 is 0. The van der Waals surface area contributed by atoms with Crippen LogP contribution in [0.25, 0.3) is 0 Å². The molecule has 0 radical (unpaired) electrons. The summed E-state index contributed by atoms with van der Waals surface area (Å²) in [6.07, 6.45) is 2.67. The average Bonchev–Trinajstić information content (AvgIpc) is 2.13. The third kappa shape index (κ3) is 5.28. The highest BCUT2D eigenvalue weighted by atomic mass is 15.1. The van der Waals surface area contributed by atoms with Crippen LogP contribution in [-0.4, -0.2) is 63.2 Å². The van der Waals surface area contributed by atoms with Gasteiger partial charge in [-0.25, -0.2) is 0 Å². The lowest BCUT2D eigenvalue weighted by molar-refractivity contribution is 0.188. The molecule has 0 spiro atoms. The maximum Gasteiger partial charge on any atom is 0.0195 e. The van der Waals surface area contributed by atoms with Gasteiger partial charge in [-0.05, 0) is 45.9 Å². The van der Waals surface area contributed by atoms with E-state index in [1.807, 2.05) is 0 Å². The molecular weight excluding hydrogens is 198 g/mol. The second kappa shape index (κ2) is 5.99. The Morgan fingerprint density at radius 2 is 2.06 bits per heavy atom. The van der Waals surface area contributed by atoms with Crippen LogP contribution in [0.2, 0.25) is 0 Å². The van der Waals surface area contributed by atoms with Crippen LogP contribution in [0.15, 0.2) is 0 Å². The number of nitrogens with zero attached hydrogens (tertiary/aromatic N) is 2. The highest BCUT2D eigenvalue weighted by Crippen LogP contribution is 2.16. The van der Waals surface area contributed by atoms with E-state index in [1.54, 1.807) is 0 Å². The van der Waals surface area contributed by atoms with Crippen molar-refractivity contribution in [3.05, 3.63) is 0 Å². The van der Waals surface area contributed by atoms with Crippen LogP contribution >= 0.6 is 0 Å². The van der Waals surface area contributed by atoms with Gasteiger partial charge in [-0.1, -0.05) is 13.8 Å². The van der Waals surface area contributed by atoms with E-state index in [0.29, 0.717) is 11.5 Å². The molecule has 1 saturated heterocycles. The number of rotatable bonds is 5. The van der Waals surface area contributed by atoms with E-state index in [4.69, 9.17) is 0 Å². The van der Waals surface area contributed by atoms with Crippen LogP contribution in [0.4, 0.5) is 0 Å². The molecule has 1 rings (SSSR count). The van der Waals surface area contributed by atoms with Crippen molar-refractivity contribution in [2.24, 2.45) is 5.41 Å². The molecule has 1 aliphatic heterocycles. The van der Waals surface area contributed by atoms with Crippen molar-refractivity contribution in [2.75, 3.05) is 47.3 Å². The molecule has 0 aromatic carbocycles. The Bertz CT molecular complexity index is 201. The van der Waals surface area contributed by atoms with Crippen molar-refractivity contribution in [2.45, 2.75) is 32.7 Å². The minimum Gasteiger partial charge on any atom is -0.312 e. The first-order valence-electron chi connectivity index (χ1n) is 6.46. The molecule has 0 bridgehead atoms. The molecule has 0 amide bonds. The van der Waals surface area contributed by atoms with Gasteiger partial charge in [0.25, 0.3) is 0 Å². The summed E-state index contributed by atoms with van der Waals surface area (Å²) in [6, 6.07) is 0.695. The first-order valence-corrected chi connectivity index (χ1v) is 6.46. The molecule has 0 aromatic heterocycles. The quantitative estimate of drug-likeness (QED) is 0.763. The number of piperidine rings is 1. The van der Waals surface area contributed by atoms with Gasteiger partial charge < -0.3 is 15.1 Å². The van der Waals surface area contributed by atoms with Gasteiger partial charge in [0.05, 0.1) is 0 Å². The molecule has 0 saturated carbocycles. The maximum atomic E-state index is 3.73. The molecule has 0 aromatic rings. The number of nitrogens with one attached hydrogen (secondary N) is 1. The number of likely N-dealkylation sites (N-methyl/N-ethyl adjacent to an activating group) is 1. The molecule has 16 heavy (non-hydrogen) atoms. The standard InChI is InChI=1S/C13H29N3/c1-13(2,11-15(3)4)10-14-12-7-6-8-16(5)9-12/h12,14H,6-11H2,1-5H3. The first-order chi connectivity index (χ1) is 7.39. The summed E-state index contributed by atoms with van der Waals surface area (Å²) in [5.74, 6) is 0. The molecule has 1 atom stereocenters. The average molecular weight is 227 g/mol. The fourth-order valence-electron chi connectivity index (χ4n) is 2.67. The van der Waals surface area contributed by atoms with Crippen molar-refractivity contribution in [3.8, 4) is 0 Å². The molecule has 3 nitrogen and oxygen atoms in total.